The van der Waals surface area contributed by atoms with Crippen molar-refractivity contribution >= 4 is 0 Å². The van der Waals surface area contributed by atoms with Crippen molar-refractivity contribution in [1.29, 1.82) is 0 Å². The Morgan fingerprint density at radius 3 is 2.47 bits per heavy atom. The molecule has 0 bridgehead atoms. The summed E-state index contributed by atoms with van der Waals surface area (Å²) >= 11 is 0. The largest absolute Gasteiger partial charge is 0.395 e. The van der Waals surface area contributed by atoms with E-state index in [1.54, 1.807) is 0 Å². The fourth-order valence-corrected chi connectivity index (χ4v) is 2.76. The van der Waals surface area contributed by atoms with E-state index < -0.39 is 0 Å². The zero-order valence-corrected chi connectivity index (χ0v) is 10.4. The van der Waals surface area contributed by atoms with E-state index in [2.05, 4.69) is 29.6 Å². The van der Waals surface area contributed by atoms with Crippen LogP contribution >= 0.6 is 0 Å². The maximum Gasteiger partial charge on any atom is 0.0587 e. The summed E-state index contributed by atoms with van der Waals surface area (Å²) in [6.45, 7) is 1.13. The van der Waals surface area contributed by atoms with Crippen LogP contribution < -0.4 is 5.32 Å². The Bertz CT molecular complexity index is 306. The van der Waals surface area contributed by atoms with E-state index in [4.69, 9.17) is 0 Å². The fraction of sp³-hybridized carbons (Fsp3) is 0.600. The van der Waals surface area contributed by atoms with Crippen LogP contribution in [0.2, 0.25) is 0 Å². The van der Waals surface area contributed by atoms with E-state index in [0.29, 0.717) is 5.92 Å². The number of benzene rings is 1. The number of nitrogens with one attached hydrogen (secondary N) is 1. The summed E-state index contributed by atoms with van der Waals surface area (Å²) in [7, 11) is 0. The monoisotopic (exact) mass is 233 g/mol. The molecule has 2 nitrogen and oxygen atoms in total. The van der Waals surface area contributed by atoms with Crippen molar-refractivity contribution in [3.05, 3.63) is 35.9 Å². The fourth-order valence-electron chi connectivity index (χ4n) is 2.76. The third kappa shape index (κ3) is 3.83. The molecule has 2 heteroatoms. The highest BCUT2D eigenvalue weighted by molar-refractivity contribution is 5.14. The third-order valence-electron chi connectivity index (χ3n) is 3.83. The molecule has 1 saturated carbocycles. The summed E-state index contributed by atoms with van der Waals surface area (Å²) in [5.41, 5.74) is 1.29. The molecule has 0 unspecified atom stereocenters. The van der Waals surface area contributed by atoms with Gasteiger partial charge in [-0.1, -0.05) is 49.6 Å². The lowest BCUT2D eigenvalue weighted by atomic mass is 9.84. The van der Waals surface area contributed by atoms with Crippen LogP contribution in [0.25, 0.3) is 0 Å². The molecule has 0 aromatic heterocycles. The first-order chi connectivity index (χ1) is 8.40. The second-order valence-electron chi connectivity index (χ2n) is 5.05. The Morgan fingerprint density at radius 1 is 1.12 bits per heavy atom. The quantitative estimate of drug-likeness (QED) is 0.819. The zero-order chi connectivity index (χ0) is 11.9. The van der Waals surface area contributed by atoms with Gasteiger partial charge in [0.15, 0.2) is 0 Å². The molecule has 1 aliphatic carbocycles. The molecular weight excluding hydrogens is 210 g/mol. The van der Waals surface area contributed by atoms with Gasteiger partial charge in [0.05, 0.1) is 6.61 Å². The van der Waals surface area contributed by atoms with Gasteiger partial charge in [-0.05, 0) is 24.3 Å². The van der Waals surface area contributed by atoms with Crippen LogP contribution in [-0.2, 0) is 6.54 Å². The SMILES string of the molecule is OC[C@H](NCc1ccccc1)C1CCCCC1. The van der Waals surface area contributed by atoms with Crippen molar-refractivity contribution in [3.63, 3.8) is 0 Å². The van der Waals surface area contributed by atoms with E-state index >= 15 is 0 Å². The Kier molecular flexibility index (Phi) is 5.02. The molecule has 94 valence electrons. The van der Waals surface area contributed by atoms with E-state index in [1.807, 2.05) is 6.07 Å². The lowest BCUT2D eigenvalue weighted by Crippen LogP contribution is -2.39. The van der Waals surface area contributed by atoms with Gasteiger partial charge < -0.3 is 10.4 Å². The first-order valence-corrected chi connectivity index (χ1v) is 6.78. The Morgan fingerprint density at radius 2 is 1.82 bits per heavy atom. The van der Waals surface area contributed by atoms with Crippen LogP contribution in [0.15, 0.2) is 30.3 Å². The second kappa shape index (κ2) is 6.77. The molecular formula is C15H23NO. The minimum absolute atomic E-state index is 0.261. The van der Waals surface area contributed by atoms with Gasteiger partial charge >= 0.3 is 0 Å². The maximum absolute atomic E-state index is 9.49. The number of aliphatic hydroxyl groups is 1. The Hall–Kier alpha value is -0.860. The summed E-state index contributed by atoms with van der Waals surface area (Å²) in [5, 5.41) is 13.0. The van der Waals surface area contributed by atoms with E-state index in [1.165, 1.54) is 37.7 Å². The summed E-state index contributed by atoms with van der Waals surface area (Å²) in [4.78, 5) is 0. The van der Waals surface area contributed by atoms with Crippen molar-refractivity contribution in [1.82, 2.24) is 5.32 Å². The molecule has 1 aromatic rings. The Balaban J connectivity index is 1.82. The van der Waals surface area contributed by atoms with Crippen LogP contribution in [0.4, 0.5) is 0 Å². The van der Waals surface area contributed by atoms with Crippen LogP contribution in [0, 0.1) is 5.92 Å². The van der Waals surface area contributed by atoms with E-state index in [-0.39, 0.29) is 12.6 Å². The van der Waals surface area contributed by atoms with Crippen LogP contribution in [-0.4, -0.2) is 17.8 Å². The third-order valence-corrected chi connectivity index (χ3v) is 3.83. The van der Waals surface area contributed by atoms with Gasteiger partial charge in [-0.25, -0.2) is 0 Å². The minimum atomic E-state index is 0.261. The first kappa shape index (κ1) is 12.6. The topological polar surface area (TPSA) is 32.3 Å². The predicted octanol–water partition coefficient (Wildman–Crippen LogP) is 2.72. The molecule has 0 heterocycles. The van der Waals surface area contributed by atoms with Gasteiger partial charge in [-0.15, -0.1) is 0 Å². The number of aliphatic hydroxyl groups excluding tert-OH is 1. The van der Waals surface area contributed by atoms with Crippen LogP contribution in [0.1, 0.15) is 37.7 Å². The van der Waals surface area contributed by atoms with Crippen molar-refractivity contribution < 1.29 is 5.11 Å². The lowest BCUT2D eigenvalue weighted by molar-refractivity contribution is 0.170. The molecule has 2 N–H and O–H groups in total. The van der Waals surface area contributed by atoms with Crippen molar-refractivity contribution in [2.75, 3.05) is 6.61 Å². The van der Waals surface area contributed by atoms with Crippen LogP contribution in [0.5, 0.6) is 0 Å². The molecule has 0 aliphatic heterocycles. The van der Waals surface area contributed by atoms with Gasteiger partial charge in [0, 0.05) is 12.6 Å². The highest BCUT2D eigenvalue weighted by atomic mass is 16.3. The molecule has 0 amide bonds. The standard InChI is InChI=1S/C15H23NO/c17-12-15(14-9-5-2-6-10-14)16-11-13-7-3-1-4-8-13/h1,3-4,7-8,14-17H,2,5-6,9-12H2/t15-/m0/s1. The summed E-state index contributed by atoms with van der Waals surface area (Å²) in [5.74, 6) is 0.664. The molecule has 0 saturated heterocycles. The molecule has 2 rings (SSSR count). The molecule has 1 aromatic carbocycles. The molecule has 17 heavy (non-hydrogen) atoms. The molecule has 0 spiro atoms. The van der Waals surface area contributed by atoms with Gasteiger partial charge in [0.1, 0.15) is 0 Å². The molecule has 1 fully saturated rings. The van der Waals surface area contributed by atoms with Gasteiger partial charge in [-0.3, -0.25) is 0 Å². The summed E-state index contributed by atoms with van der Waals surface area (Å²) in [6, 6.07) is 10.7. The predicted molar refractivity (Wildman–Crippen MR) is 70.7 cm³/mol. The van der Waals surface area contributed by atoms with Gasteiger partial charge in [0.2, 0.25) is 0 Å². The molecule has 1 atom stereocenters. The maximum atomic E-state index is 9.49. The highest BCUT2D eigenvalue weighted by Crippen LogP contribution is 2.26. The number of rotatable bonds is 5. The molecule has 0 radical (unpaired) electrons. The summed E-state index contributed by atoms with van der Waals surface area (Å²) < 4.78 is 0. The normalized spacial score (nSPS) is 19.1. The van der Waals surface area contributed by atoms with E-state index in [0.717, 1.165) is 6.54 Å². The second-order valence-corrected chi connectivity index (χ2v) is 5.05. The van der Waals surface area contributed by atoms with Gasteiger partial charge in [-0.2, -0.15) is 0 Å². The van der Waals surface area contributed by atoms with Crippen molar-refractivity contribution in [2.45, 2.75) is 44.7 Å². The Labute approximate surface area is 104 Å². The molecule has 1 aliphatic rings. The highest BCUT2D eigenvalue weighted by Gasteiger charge is 2.22. The van der Waals surface area contributed by atoms with Crippen molar-refractivity contribution in [2.24, 2.45) is 5.92 Å². The average molecular weight is 233 g/mol. The van der Waals surface area contributed by atoms with Gasteiger partial charge in [0.25, 0.3) is 0 Å². The summed E-state index contributed by atoms with van der Waals surface area (Å²) in [6.07, 6.45) is 6.57. The van der Waals surface area contributed by atoms with E-state index in [9.17, 15) is 5.11 Å². The first-order valence-electron chi connectivity index (χ1n) is 6.78. The zero-order valence-electron chi connectivity index (χ0n) is 10.4. The number of hydrogen-bond acceptors (Lipinski definition) is 2. The van der Waals surface area contributed by atoms with Crippen molar-refractivity contribution in [3.8, 4) is 0 Å². The lowest BCUT2D eigenvalue weighted by Gasteiger charge is -2.29. The number of hydrogen-bond donors (Lipinski definition) is 2. The smallest absolute Gasteiger partial charge is 0.0587 e. The average Bonchev–Trinajstić information content (AvgIpc) is 2.42. The minimum Gasteiger partial charge on any atom is -0.395 e. The van der Waals surface area contributed by atoms with Crippen LogP contribution in [0.3, 0.4) is 0 Å².